The van der Waals surface area contributed by atoms with Crippen molar-refractivity contribution in [3.63, 3.8) is 0 Å². The van der Waals surface area contributed by atoms with E-state index in [1.54, 1.807) is 18.1 Å². The van der Waals surface area contributed by atoms with Crippen molar-refractivity contribution in [3.05, 3.63) is 34.7 Å². The van der Waals surface area contributed by atoms with Gasteiger partial charge >= 0.3 is 0 Å². The van der Waals surface area contributed by atoms with E-state index in [0.717, 1.165) is 43.6 Å². The molecular formula is C22H31ClN4O2. The van der Waals surface area contributed by atoms with E-state index in [1.807, 2.05) is 24.1 Å². The zero-order valence-electron chi connectivity index (χ0n) is 18.0. The minimum absolute atomic E-state index is 0.0188. The molecule has 2 heterocycles. The van der Waals surface area contributed by atoms with Crippen LogP contribution in [0.4, 0.5) is 11.5 Å². The Balaban J connectivity index is 2.17. The molecule has 0 fully saturated rings. The predicted octanol–water partition coefficient (Wildman–Crippen LogP) is 5.43. The summed E-state index contributed by atoms with van der Waals surface area (Å²) in [6.45, 7) is 6.88. The fourth-order valence-corrected chi connectivity index (χ4v) is 4.38. The highest BCUT2D eigenvalue weighted by Gasteiger charge is 2.36. The number of aromatic nitrogens is 2. The Morgan fingerprint density at radius 1 is 1.21 bits per heavy atom. The van der Waals surface area contributed by atoms with Crippen LogP contribution in [0, 0.1) is 0 Å². The van der Waals surface area contributed by atoms with Gasteiger partial charge in [-0.1, -0.05) is 45.2 Å². The molecule has 0 unspecified atom stereocenters. The Labute approximate surface area is 178 Å². The average Bonchev–Trinajstić information content (AvgIpc) is 3.10. The Morgan fingerprint density at radius 3 is 2.45 bits per heavy atom. The van der Waals surface area contributed by atoms with Gasteiger partial charge in [-0.15, -0.1) is 0 Å². The van der Waals surface area contributed by atoms with Crippen LogP contribution in [0.3, 0.4) is 0 Å². The van der Waals surface area contributed by atoms with E-state index in [0.29, 0.717) is 29.0 Å². The Morgan fingerprint density at radius 2 is 1.90 bits per heavy atom. The van der Waals surface area contributed by atoms with Crippen molar-refractivity contribution in [1.82, 2.24) is 14.5 Å². The van der Waals surface area contributed by atoms with E-state index in [-0.39, 0.29) is 11.9 Å². The normalized spacial score (nSPS) is 14.0. The number of hydrogen-bond donors (Lipinski definition) is 0. The first-order chi connectivity index (χ1) is 14.0. The number of nitrogens with zero attached hydrogens (tertiary/aromatic N) is 4. The van der Waals surface area contributed by atoms with Crippen LogP contribution in [0.2, 0.25) is 5.02 Å². The van der Waals surface area contributed by atoms with E-state index in [4.69, 9.17) is 21.3 Å². The van der Waals surface area contributed by atoms with E-state index >= 15 is 0 Å². The number of halogens is 1. The Bertz CT molecular complexity index is 874. The third-order valence-corrected chi connectivity index (χ3v) is 5.80. The fourth-order valence-electron chi connectivity index (χ4n) is 4.11. The molecule has 0 bridgehead atoms. The number of amides is 1. The highest BCUT2D eigenvalue weighted by Crippen LogP contribution is 2.40. The summed E-state index contributed by atoms with van der Waals surface area (Å²) < 4.78 is 7.48. The number of fused-ring (bicyclic) bond motifs is 1. The van der Waals surface area contributed by atoms with Gasteiger partial charge in [-0.05, 0) is 25.0 Å². The molecule has 1 aliphatic heterocycles. The van der Waals surface area contributed by atoms with Crippen LogP contribution >= 0.6 is 11.6 Å². The second-order valence-corrected chi connectivity index (χ2v) is 7.95. The van der Waals surface area contributed by atoms with Gasteiger partial charge in [0.15, 0.2) is 11.5 Å². The van der Waals surface area contributed by atoms with Crippen LogP contribution in [-0.4, -0.2) is 41.2 Å². The molecule has 1 aliphatic rings. The molecule has 158 valence electrons. The summed E-state index contributed by atoms with van der Waals surface area (Å²) in [6, 6.07) is 5.88. The fraction of sp³-hybridized carbons (Fsp3) is 0.545. The molecule has 0 atom stereocenters. The van der Waals surface area contributed by atoms with E-state index in [2.05, 4.69) is 25.3 Å². The molecule has 0 saturated carbocycles. The number of imidazole rings is 1. The van der Waals surface area contributed by atoms with Crippen molar-refractivity contribution in [2.45, 2.75) is 58.9 Å². The van der Waals surface area contributed by atoms with E-state index < -0.39 is 0 Å². The second-order valence-electron chi connectivity index (χ2n) is 7.54. The van der Waals surface area contributed by atoms with Crippen molar-refractivity contribution >= 4 is 29.0 Å². The van der Waals surface area contributed by atoms with Gasteiger partial charge in [0.25, 0.3) is 5.91 Å². The number of hydrogen-bond acceptors (Lipinski definition) is 4. The molecule has 3 rings (SSSR count). The smallest absolute Gasteiger partial charge is 0.275 e. The number of rotatable bonds is 8. The molecule has 29 heavy (non-hydrogen) atoms. The molecule has 7 heteroatoms. The summed E-state index contributed by atoms with van der Waals surface area (Å²) in [5.74, 6) is 2.38. The number of anilines is 2. The molecule has 2 aromatic rings. The van der Waals surface area contributed by atoms with Crippen LogP contribution in [0.25, 0.3) is 0 Å². The lowest BCUT2D eigenvalue weighted by atomic mass is 10.1. The van der Waals surface area contributed by atoms with Gasteiger partial charge in [0.1, 0.15) is 11.6 Å². The molecule has 0 radical (unpaired) electrons. The zero-order valence-corrected chi connectivity index (χ0v) is 18.8. The largest absolute Gasteiger partial charge is 0.497 e. The SMILES string of the molecule is CCCC(CCC)n1c(CC)nc2c1C(=O)N(C)CN2c1ccc(OC)cc1Cl. The number of benzene rings is 1. The minimum atomic E-state index is 0.0188. The molecular weight excluding hydrogens is 388 g/mol. The molecule has 1 amide bonds. The summed E-state index contributed by atoms with van der Waals surface area (Å²) in [5.41, 5.74) is 1.50. The van der Waals surface area contributed by atoms with Gasteiger partial charge in [0, 0.05) is 25.6 Å². The summed E-state index contributed by atoms with van der Waals surface area (Å²) in [5, 5.41) is 0.573. The number of carbonyl (C=O) groups is 1. The maximum atomic E-state index is 13.2. The molecule has 1 aromatic heterocycles. The maximum absolute atomic E-state index is 13.2. The van der Waals surface area contributed by atoms with Crippen molar-refractivity contribution in [3.8, 4) is 5.75 Å². The molecule has 0 N–H and O–H groups in total. The molecule has 6 nitrogen and oxygen atoms in total. The van der Waals surface area contributed by atoms with Crippen LogP contribution in [0.1, 0.15) is 68.8 Å². The quantitative estimate of drug-likeness (QED) is 0.573. The third-order valence-electron chi connectivity index (χ3n) is 5.50. The molecule has 1 aromatic carbocycles. The lowest BCUT2D eigenvalue weighted by Crippen LogP contribution is -2.43. The summed E-state index contributed by atoms with van der Waals surface area (Å²) >= 11 is 6.57. The number of aryl methyl sites for hydroxylation is 1. The van der Waals surface area contributed by atoms with Crippen LogP contribution in [0.15, 0.2) is 18.2 Å². The first-order valence-corrected chi connectivity index (χ1v) is 10.8. The number of carbonyl (C=O) groups excluding carboxylic acids is 1. The lowest BCUT2D eigenvalue weighted by Gasteiger charge is -2.35. The Hall–Kier alpha value is -2.21. The summed E-state index contributed by atoms with van der Waals surface area (Å²) in [7, 11) is 3.45. The average molecular weight is 419 g/mol. The first kappa shape index (κ1) is 21.5. The van der Waals surface area contributed by atoms with Gasteiger partial charge < -0.3 is 19.1 Å². The van der Waals surface area contributed by atoms with Crippen molar-refractivity contribution in [2.24, 2.45) is 0 Å². The monoisotopic (exact) mass is 418 g/mol. The highest BCUT2D eigenvalue weighted by atomic mass is 35.5. The summed E-state index contributed by atoms with van der Waals surface area (Å²) in [6.07, 6.45) is 4.98. The molecule has 0 spiro atoms. The van der Waals surface area contributed by atoms with Gasteiger partial charge in [-0.3, -0.25) is 4.79 Å². The predicted molar refractivity (Wildman–Crippen MR) is 118 cm³/mol. The lowest BCUT2D eigenvalue weighted by molar-refractivity contribution is 0.0772. The van der Waals surface area contributed by atoms with Crippen LogP contribution in [-0.2, 0) is 6.42 Å². The van der Waals surface area contributed by atoms with Crippen LogP contribution < -0.4 is 9.64 Å². The van der Waals surface area contributed by atoms with E-state index in [1.165, 1.54) is 0 Å². The summed E-state index contributed by atoms with van der Waals surface area (Å²) in [4.78, 5) is 21.9. The highest BCUT2D eigenvalue weighted by molar-refractivity contribution is 6.33. The molecule has 0 aliphatic carbocycles. The topological polar surface area (TPSA) is 50.6 Å². The number of methoxy groups -OCH3 is 1. The number of ether oxygens (including phenoxy) is 1. The zero-order chi connectivity index (χ0) is 21.1. The third kappa shape index (κ3) is 3.95. The Kier molecular flexibility index (Phi) is 6.73. The van der Waals surface area contributed by atoms with Gasteiger partial charge in [0.05, 0.1) is 24.5 Å². The molecule has 0 saturated heterocycles. The van der Waals surface area contributed by atoms with Crippen LogP contribution in [0.5, 0.6) is 5.75 Å². The maximum Gasteiger partial charge on any atom is 0.275 e. The first-order valence-electron chi connectivity index (χ1n) is 10.4. The van der Waals surface area contributed by atoms with Crippen molar-refractivity contribution in [1.29, 1.82) is 0 Å². The standard InChI is InChI=1S/C22H31ClN4O2/c1-6-9-15(10-7-2)27-19(8-3)24-21-20(27)22(28)25(4)14-26(21)18-12-11-16(29-5)13-17(18)23/h11-13,15H,6-10,14H2,1-5H3. The van der Waals surface area contributed by atoms with Gasteiger partial charge in [0.2, 0.25) is 0 Å². The van der Waals surface area contributed by atoms with Crippen molar-refractivity contribution in [2.75, 3.05) is 25.7 Å². The van der Waals surface area contributed by atoms with E-state index in [9.17, 15) is 4.79 Å². The van der Waals surface area contributed by atoms with Gasteiger partial charge in [-0.2, -0.15) is 0 Å². The van der Waals surface area contributed by atoms with Gasteiger partial charge in [-0.25, -0.2) is 4.98 Å². The second kappa shape index (κ2) is 9.08. The van der Waals surface area contributed by atoms with Crippen molar-refractivity contribution < 1.29 is 9.53 Å². The minimum Gasteiger partial charge on any atom is -0.497 e.